The van der Waals surface area contributed by atoms with Gasteiger partial charge in [0.2, 0.25) is 0 Å². The Morgan fingerprint density at radius 3 is 2.22 bits per heavy atom. The minimum absolute atomic E-state index is 0.120. The van der Waals surface area contributed by atoms with E-state index in [9.17, 15) is 5.26 Å². The van der Waals surface area contributed by atoms with Gasteiger partial charge >= 0.3 is 0 Å². The van der Waals surface area contributed by atoms with Gasteiger partial charge in [0.25, 0.3) is 0 Å². The second kappa shape index (κ2) is 19.6. The number of fused-ring (bicyclic) bond motifs is 1. The highest BCUT2D eigenvalue weighted by molar-refractivity contribution is 14.1. The predicted molar refractivity (Wildman–Crippen MR) is 211 cm³/mol. The predicted octanol–water partition coefficient (Wildman–Crippen LogP) is 7.71. The molecule has 0 spiro atoms. The molecule has 0 aliphatic carbocycles. The first-order chi connectivity index (χ1) is 24.3. The van der Waals surface area contributed by atoms with Gasteiger partial charge in [-0.15, -0.1) is 0 Å². The summed E-state index contributed by atoms with van der Waals surface area (Å²) in [5.74, 6) is 2.90. The maximum Gasteiger partial charge on any atom is 0.161 e. The number of ether oxygens (including phenoxy) is 4. The molecule has 9 nitrogen and oxygen atoms in total. The van der Waals surface area contributed by atoms with Crippen LogP contribution in [0.5, 0.6) is 23.0 Å². The van der Waals surface area contributed by atoms with Crippen molar-refractivity contribution >= 4 is 39.2 Å². The summed E-state index contributed by atoms with van der Waals surface area (Å²) in [4.78, 5) is 7.02. The lowest BCUT2D eigenvalue weighted by Crippen LogP contribution is -2.37. The number of methoxy groups -OCH3 is 4. The van der Waals surface area contributed by atoms with Crippen molar-refractivity contribution in [3.63, 3.8) is 0 Å². The molecule has 50 heavy (non-hydrogen) atoms. The van der Waals surface area contributed by atoms with Gasteiger partial charge in [-0.2, -0.15) is 5.26 Å². The minimum Gasteiger partial charge on any atom is -0.493 e. The van der Waals surface area contributed by atoms with Crippen LogP contribution in [0, 0.1) is 20.8 Å². The summed E-state index contributed by atoms with van der Waals surface area (Å²) in [6, 6.07) is 23.1. The fourth-order valence-electron chi connectivity index (χ4n) is 6.44. The maximum atomic E-state index is 10.6. The Morgan fingerprint density at radius 1 is 0.800 bits per heavy atom. The topological polar surface area (TPSA) is 101 Å². The minimum atomic E-state index is -0.640. The zero-order valence-electron chi connectivity index (χ0n) is 30.4. The van der Waals surface area contributed by atoms with E-state index in [1.807, 2.05) is 36.5 Å². The average Bonchev–Trinajstić information content (AvgIpc) is 3.14. The van der Waals surface area contributed by atoms with Crippen LogP contribution in [0.25, 0.3) is 10.9 Å². The van der Waals surface area contributed by atoms with Gasteiger partial charge in [0.05, 0.1) is 45.4 Å². The molecule has 0 fully saturated rings. The quantitative estimate of drug-likeness (QED) is 0.0650. The molecule has 1 aromatic heterocycles. The van der Waals surface area contributed by atoms with Crippen molar-refractivity contribution in [1.82, 2.24) is 15.2 Å². The summed E-state index contributed by atoms with van der Waals surface area (Å²) < 4.78 is 23.2. The highest BCUT2D eigenvalue weighted by Gasteiger charge is 2.36. The van der Waals surface area contributed by atoms with Crippen LogP contribution in [0.2, 0.25) is 0 Å². The number of nitrogens with zero attached hydrogens (tertiary/aromatic N) is 3. The fraction of sp³-hybridized carbons (Fsp3) is 0.450. The fourth-order valence-corrected chi connectivity index (χ4v) is 6.92. The van der Waals surface area contributed by atoms with Gasteiger partial charge in [-0.05, 0) is 127 Å². The molecule has 0 radical (unpaired) electrons. The molecule has 1 unspecified atom stereocenters. The SMILES string of the molecule is COc1ccc(CCN(CCCC(C#N)(c2ccc(OC)c(OC)c2)C(C)C)CCNCCCNc2ccnc3cc(I)ccc23)cc1OC. The first-order valence-electron chi connectivity index (χ1n) is 17.3. The number of pyridine rings is 1. The monoisotopic (exact) mass is 793 g/mol. The third-order valence-corrected chi connectivity index (χ3v) is 10.1. The molecule has 268 valence electrons. The van der Waals surface area contributed by atoms with Crippen LogP contribution in [-0.4, -0.2) is 77.6 Å². The van der Waals surface area contributed by atoms with Gasteiger partial charge in [0, 0.05) is 47.0 Å². The van der Waals surface area contributed by atoms with Crippen molar-refractivity contribution in [3.8, 4) is 29.1 Å². The molecular weight excluding hydrogens is 741 g/mol. The molecule has 4 rings (SSSR count). The summed E-state index contributed by atoms with van der Waals surface area (Å²) in [5, 5.41) is 19.0. The average molecular weight is 794 g/mol. The zero-order valence-corrected chi connectivity index (χ0v) is 32.5. The summed E-state index contributed by atoms with van der Waals surface area (Å²) in [6.07, 6.45) is 5.38. The molecule has 4 aromatic rings. The Morgan fingerprint density at radius 2 is 1.52 bits per heavy atom. The lowest BCUT2D eigenvalue weighted by Gasteiger charge is -2.33. The summed E-state index contributed by atoms with van der Waals surface area (Å²) in [7, 11) is 6.59. The van der Waals surface area contributed by atoms with Gasteiger partial charge in [0.15, 0.2) is 23.0 Å². The number of halogens is 1. The first-order valence-corrected chi connectivity index (χ1v) is 18.4. The lowest BCUT2D eigenvalue weighted by atomic mass is 9.69. The Labute approximate surface area is 311 Å². The molecular formula is C40H52IN5O4. The van der Waals surface area contributed by atoms with E-state index < -0.39 is 5.41 Å². The van der Waals surface area contributed by atoms with Crippen molar-refractivity contribution in [2.75, 3.05) is 73.0 Å². The van der Waals surface area contributed by atoms with E-state index in [-0.39, 0.29) is 5.92 Å². The Hall–Kier alpha value is -3.79. The van der Waals surface area contributed by atoms with E-state index in [0.29, 0.717) is 11.5 Å². The van der Waals surface area contributed by atoms with Crippen molar-refractivity contribution in [2.24, 2.45) is 5.92 Å². The highest BCUT2D eigenvalue weighted by Crippen LogP contribution is 2.40. The van der Waals surface area contributed by atoms with E-state index in [1.165, 1.54) is 9.13 Å². The zero-order chi connectivity index (χ0) is 35.9. The van der Waals surface area contributed by atoms with Gasteiger partial charge in [-0.3, -0.25) is 4.98 Å². The van der Waals surface area contributed by atoms with Crippen LogP contribution in [0.15, 0.2) is 66.9 Å². The molecule has 0 aliphatic rings. The van der Waals surface area contributed by atoms with Crippen LogP contribution < -0.4 is 29.6 Å². The molecule has 1 heterocycles. The Balaban J connectivity index is 1.36. The van der Waals surface area contributed by atoms with Crippen LogP contribution in [0.3, 0.4) is 0 Å². The summed E-state index contributed by atoms with van der Waals surface area (Å²) in [5.41, 5.74) is 3.66. The maximum absolute atomic E-state index is 10.6. The summed E-state index contributed by atoms with van der Waals surface area (Å²) >= 11 is 2.32. The lowest BCUT2D eigenvalue weighted by molar-refractivity contribution is 0.253. The number of nitrogens with one attached hydrogen (secondary N) is 2. The number of benzene rings is 3. The highest BCUT2D eigenvalue weighted by atomic mass is 127. The number of aromatic nitrogens is 1. The number of rotatable bonds is 21. The number of nitriles is 1. The van der Waals surface area contributed by atoms with E-state index in [0.717, 1.165) is 98.6 Å². The van der Waals surface area contributed by atoms with Crippen molar-refractivity contribution in [1.29, 1.82) is 5.26 Å². The van der Waals surface area contributed by atoms with Gasteiger partial charge < -0.3 is 34.5 Å². The van der Waals surface area contributed by atoms with Crippen molar-refractivity contribution in [2.45, 2.75) is 44.9 Å². The second-order valence-corrected chi connectivity index (χ2v) is 14.0. The molecule has 0 amide bonds. The molecule has 0 saturated heterocycles. The van der Waals surface area contributed by atoms with Crippen LogP contribution in [0.4, 0.5) is 5.69 Å². The largest absolute Gasteiger partial charge is 0.493 e. The smallest absolute Gasteiger partial charge is 0.161 e. The van der Waals surface area contributed by atoms with E-state index >= 15 is 0 Å². The van der Waals surface area contributed by atoms with Gasteiger partial charge in [-0.1, -0.05) is 26.0 Å². The van der Waals surface area contributed by atoms with Gasteiger partial charge in [-0.25, -0.2) is 0 Å². The summed E-state index contributed by atoms with van der Waals surface area (Å²) in [6.45, 7) is 9.62. The van der Waals surface area contributed by atoms with Crippen molar-refractivity contribution in [3.05, 3.63) is 81.6 Å². The van der Waals surface area contributed by atoms with E-state index in [1.54, 1.807) is 28.4 Å². The van der Waals surface area contributed by atoms with Crippen LogP contribution in [-0.2, 0) is 11.8 Å². The van der Waals surface area contributed by atoms with Gasteiger partial charge in [0.1, 0.15) is 0 Å². The molecule has 10 heteroatoms. The molecule has 0 bridgehead atoms. The van der Waals surface area contributed by atoms with E-state index in [4.69, 9.17) is 18.9 Å². The molecule has 2 N–H and O–H groups in total. The molecule has 0 saturated carbocycles. The Kier molecular flexibility index (Phi) is 15.3. The standard InChI is InChI=1S/C40H52IN5O4/c1-29(2)40(28-42,31-10-14-37(48-4)39(26-31)50-6)17-7-22-46(23-16-30-9-13-36(47-3)38(25-30)49-5)24-21-43-18-8-19-44-34-15-20-45-35-27-32(41)11-12-33(34)35/h9-15,20,25-27,29,43H,7-8,16-19,21-24H2,1-6H3,(H,44,45). The molecule has 1 atom stereocenters. The number of hydrogen-bond donors (Lipinski definition) is 2. The number of anilines is 1. The third-order valence-electron chi connectivity index (χ3n) is 9.45. The third kappa shape index (κ3) is 10.1. The van der Waals surface area contributed by atoms with Crippen molar-refractivity contribution < 1.29 is 18.9 Å². The first kappa shape index (κ1) is 39.0. The normalized spacial score (nSPS) is 12.5. The van der Waals surface area contributed by atoms with Crippen LogP contribution in [0.1, 0.15) is 44.2 Å². The van der Waals surface area contributed by atoms with Crippen LogP contribution >= 0.6 is 22.6 Å². The number of hydrogen-bond acceptors (Lipinski definition) is 9. The Bertz CT molecular complexity index is 1710. The van der Waals surface area contributed by atoms with E-state index in [2.05, 4.69) is 93.4 Å². The molecule has 0 aliphatic heterocycles. The molecule has 3 aromatic carbocycles. The second-order valence-electron chi connectivity index (χ2n) is 12.7.